The molecule has 1 aliphatic heterocycles. The molecule has 0 spiro atoms. The lowest BCUT2D eigenvalue weighted by atomic mass is 9.95. The lowest BCUT2D eigenvalue weighted by molar-refractivity contribution is 0.515. The molecular weight excluding hydrogens is 266 g/mol. The Morgan fingerprint density at radius 3 is 2.90 bits per heavy atom. The Balaban J connectivity index is 1.72. The van der Waals surface area contributed by atoms with Crippen molar-refractivity contribution >= 4 is 17.6 Å². The van der Waals surface area contributed by atoms with Crippen molar-refractivity contribution in [1.82, 2.24) is 4.98 Å². The van der Waals surface area contributed by atoms with Gasteiger partial charge in [0.15, 0.2) is 0 Å². The van der Waals surface area contributed by atoms with E-state index < -0.39 is 0 Å². The van der Waals surface area contributed by atoms with Crippen molar-refractivity contribution in [2.75, 3.05) is 23.4 Å². The summed E-state index contributed by atoms with van der Waals surface area (Å²) >= 11 is 2.05. The minimum absolute atomic E-state index is 0.718. The zero-order chi connectivity index (χ0) is 13.8. The van der Waals surface area contributed by atoms with Gasteiger partial charge in [-0.15, -0.1) is 0 Å². The van der Waals surface area contributed by atoms with Crippen molar-refractivity contribution < 1.29 is 0 Å². The van der Waals surface area contributed by atoms with Crippen molar-refractivity contribution in [2.24, 2.45) is 5.92 Å². The molecule has 1 aromatic heterocycles. The number of nitriles is 1. The van der Waals surface area contributed by atoms with Gasteiger partial charge in [0.25, 0.3) is 0 Å². The molecule has 0 atom stereocenters. The van der Waals surface area contributed by atoms with Crippen LogP contribution in [0, 0.1) is 17.2 Å². The summed E-state index contributed by atoms with van der Waals surface area (Å²) in [5.41, 5.74) is 3.21. The Kier molecular flexibility index (Phi) is 4.47. The number of hydrogen-bond acceptors (Lipinski definition) is 4. The number of aryl methyl sites for hydroxylation is 2. The molecule has 0 radical (unpaired) electrons. The molecule has 1 aromatic rings. The first kappa shape index (κ1) is 13.8. The maximum absolute atomic E-state index is 9.32. The van der Waals surface area contributed by atoms with Gasteiger partial charge in [0, 0.05) is 12.2 Å². The van der Waals surface area contributed by atoms with Gasteiger partial charge in [-0.2, -0.15) is 17.0 Å². The number of pyridine rings is 1. The minimum atomic E-state index is 0.718. The van der Waals surface area contributed by atoms with Crippen molar-refractivity contribution in [1.29, 1.82) is 5.26 Å². The molecule has 4 heteroatoms. The fourth-order valence-corrected chi connectivity index (χ4v) is 4.25. The Hall–Kier alpha value is -1.21. The lowest BCUT2D eigenvalue weighted by Crippen LogP contribution is -2.20. The smallest absolute Gasteiger partial charge is 0.144 e. The van der Waals surface area contributed by atoms with Crippen molar-refractivity contribution in [3.8, 4) is 6.07 Å². The molecule has 0 amide bonds. The lowest BCUT2D eigenvalue weighted by Gasteiger charge is -2.23. The molecular formula is C16H21N3S. The molecule has 3 rings (SSSR count). The van der Waals surface area contributed by atoms with Gasteiger partial charge >= 0.3 is 0 Å². The molecule has 20 heavy (non-hydrogen) atoms. The molecule has 2 aliphatic rings. The fourth-order valence-electron chi connectivity index (χ4n) is 3.05. The monoisotopic (exact) mass is 287 g/mol. The van der Waals surface area contributed by atoms with Crippen LogP contribution in [0.1, 0.15) is 42.5 Å². The van der Waals surface area contributed by atoms with E-state index in [1.807, 2.05) is 0 Å². The number of thioether (sulfide) groups is 1. The van der Waals surface area contributed by atoms with E-state index in [1.54, 1.807) is 0 Å². The first-order valence-corrected chi connectivity index (χ1v) is 8.77. The van der Waals surface area contributed by atoms with Crippen molar-refractivity contribution in [3.63, 3.8) is 0 Å². The molecule has 106 valence electrons. The van der Waals surface area contributed by atoms with E-state index >= 15 is 0 Å². The van der Waals surface area contributed by atoms with Crippen LogP contribution in [0.3, 0.4) is 0 Å². The molecule has 3 nitrogen and oxygen atoms in total. The van der Waals surface area contributed by atoms with Gasteiger partial charge in [0.05, 0.1) is 5.56 Å². The number of nitrogens with zero attached hydrogens (tertiary/aromatic N) is 2. The number of nitrogens with one attached hydrogen (secondary N) is 1. The van der Waals surface area contributed by atoms with E-state index in [1.165, 1.54) is 48.4 Å². The number of rotatable bonds is 3. The fraction of sp³-hybridized carbons (Fsp3) is 0.625. The summed E-state index contributed by atoms with van der Waals surface area (Å²) in [6.07, 6.45) is 7.17. The maximum atomic E-state index is 9.32. The van der Waals surface area contributed by atoms with Crippen LogP contribution in [0.25, 0.3) is 0 Å². The Bertz CT molecular complexity index is 515. The third-order valence-corrected chi connectivity index (χ3v) is 5.37. The zero-order valence-corrected chi connectivity index (χ0v) is 12.6. The molecule has 0 saturated carbocycles. The third kappa shape index (κ3) is 3.09. The maximum Gasteiger partial charge on any atom is 0.144 e. The van der Waals surface area contributed by atoms with Gasteiger partial charge in [-0.3, -0.25) is 0 Å². The SMILES string of the molecule is N#Cc1cc2c(nc1NCC1CCSCC1)CCCC2. The van der Waals surface area contributed by atoms with Crippen molar-refractivity contribution in [2.45, 2.75) is 38.5 Å². The van der Waals surface area contributed by atoms with E-state index in [-0.39, 0.29) is 0 Å². The number of anilines is 1. The van der Waals surface area contributed by atoms with Crippen LogP contribution in [0.4, 0.5) is 5.82 Å². The van der Waals surface area contributed by atoms with Gasteiger partial charge < -0.3 is 5.32 Å². The summed E-state index contributed by atoms with van der Waals surface area (Å²) in [6, 6.07) is 4.36. The molecule has 1 N–H and O–H groups in total. The van der Waals surface area contributed by atoms with Crippen LogP contribution in [0.15, 0.2) is 6.07 Å². The number of fused-ring (bicyclic) bond motifs is 1. The van der Waals surface area contributed by atoms with Crippen LogP contribution in [-0.4, -0.2) is 23.0 Å². The highest BCUT2D eigenvalue weighted by Gasteiger charge is 2.17. The van der Waals surface area contributed by atoms with Crippen LogP contribution in [0.2, 0.25) is 0 Å². The number of hydrogen-bond donors (Lipinski definition) is 1. The van der Waals surface area contributed by atoms with Crippen molar-refractivity contribution in [3.05, 3.63) is 22.9 Å². The summed E-state index contributed by atoms with van der Waals surface area (Å²) in [4.78, 5) is 4.73. The normalized spacial score (nSPS) is 19.1. The molecule has 0 bridgehead atoms. The second kappa shape index (κ2) is 6.49. The topological polar surface area (TPSA) is 48.7 Å². The molecule has 0 unspecified atom stereocenters. The molecule has 1 fully saturated rings. The number of aromatic nitrogens is 1. The summed E-state index contributed by atoms with van der Waals surface area (Å²) in [5, 5.41) is 12.8. The van der Waals surface area contributed by atoms with E-state index in [4.69, 9.17) is 4.98 Å². The largest absolute Gasteiger partial charge is 0.369 e. The third-order valence-electron chi connectivity index (χ3n) is 4.32. The predicted molar refractivity (Wildman–Crippen MR) is 84.1 cm³/mol. The second-order valence-corrected chi connectivity index (χ2v) is 6.97. The van der Waals surface area contributed by atoms with Gasteiger partial charge in [0.2, 0.25) is 0 Å². The Morgan fingerprint density at radius 2 is 2.10 bits per heavy atom. The molecule has 1 saturated heterocycles. The highest BCUT2D eigenvalue weighted by molar-refractivity contribution is 7.99. The van der Waals surface area contributed by atoms with Crippen LogP contribution >= 0.6 is 11.8 Å². The summed E-state index contributed by atoms with van der Waals surface area (Å²) in [7, 11) is 0. The average Bonchev–Trinajstić information content (AvgIpc) is 2.53. The van der Waals surface area contributed by atoms with E-state index in [9.17, 15) is 5.26 Å². The highest BCUT2D eigenvalue weighted by atomic mass is 32.2. The molecule has 1 aliphatic carbocycles. The Labute approximate surface area is 125 Å². The quantitative estimate of drug-likeness (QED) is 0.926. The molecule has 0 aromatic carbocycles. The van der Waals surface area contributed by atoms with Crippen LogP contribution < -0.4 is 5.32 Å². The minimum Gasteiger partial charge on any atom is -0.369 e. The van der Waals surface area contributed by atoms with Gasteiger partial charge in [0.1, 0.15) is 11.9 Å². The van der Waals surface area contributed by atoms with Gasteiger partial charge in [-0.1, -0.05) is 0 Å². The van der Waals surface area contributed by atoms with Gasteiger partial charge in [-0.05, 0) is 67.6 Å². The first-order valence-electron chi connectivity index (χ1n) is 7.61. The predicted octanol–water partition coefficient (Wildman–Crippen LogP) is 3.39. The molecule has 2 heterocycles. The summed E-state index contributed by atoms with van der Waals surface area (Å²) in [5.74, 6) is 4.09. The van der Waals surface area contributed by atoms with Gasteiger partial charge in [-0.25, -0.2) is 4.98 Å². The Morgan fingerprint density at radius 1 is 1.30 bits per heavy atom. The van der Waals surface area contributed by atoms with Crippen LogP contribution in [-0.2, 0) is 12.8 Å². The average molecular weight is 287 g/mol. The first-order chi connectivity index (χ1) is 9.86. The summed E-state index contributed by atoms with van der Waals surface area (Å²) in [6.45, 7) is 0.959. The highest BCUT2D eigenvalue weighted by Crippen LogP contribution is 2.26. The zero-order valence-electron chi connectivity index (χ0n) is 11.8. The standard InChI is InChI=1S/C16H21N3S/c17-10-14-9-13-3-1-2-4-15(13)19-16(14)18-11-12-5-7-20-8-6-12/h9,12H,1-8,11H2,(H,18,19). The van der Waals surface area contributed by atoms with Crippen LogP contribution in [0.5, 0.6) is 0 Å². The van der Waals surface area contributed by atoms with E-state index in [0.29, 0.717) is 0 Å². The van der Waals surface area contributed by atoms with E-state index in [0.717, 1.165) is 36.7 Å². The van der Waals surface area contributed by atoms with E-state index in [2.05, 4.69) is 29.2 Å². The second-order valence-electron chi connectivity index (χ2n) is 5.75. The summed E-state index contributed by atoms with van der Waals surface area (Å²) < 4.78 is 0.